The molecule has 0 heteroatoms. The van der Waals surface area contributed by atoms with Gasteiger partial charge in [-0.25, -0.2) is 0 Å². The average Bonchev–Trinajstić information content (AvgIpc) is 2.46. The summed E-state index contributed by atoms with van der Waals surface area (Å²) in [5.41, 5.74) is 2.92. The van der Waals surface area contributed by atoms with Crippen molar-refractivity contribution in [3.8, 4) is 0 Å². The molecule has 0 atom stereocenters. The lowest BCUT2D eigenvalue weighted by Gasteiger charge is -2.20. The minimum Gasteiger partial charge on any atom is -0.0783 e. The van der Waals surface area contributed by atoms with E-state index < -0.39 is 0 Å². The van der Waals surface area contributed by atoms with Crippen LogP contribution in [0.3, 0.4) is 0 Å². The monoisotopic (exact) mass is 250 g/mol. The molecule has 0 radical (unpaired) electrons. The van der Waals surface area contributed by atoms with Crippen LogP contribution < -0.4 is 0 Å². The fraction of sp³-hybridized carbons (Fsp3) is 0.263. The maximum atomic E-state index is 2.32. The molecule has 0 unspecified atom stereocenters. The Bertz CT molecular complexity index is 506. The van der Waals surface area contributed by atoms with Crippen LogP contribution >= 0.6 is 0 Å². The van der Waals surface area contributed by atoms with Crippen molar-refractivity contribution < 1.29 is 0 Å². The third-order valence-electron chi connectivity index (χ3n) is 3.43. The van der Waals surface area contributed by atoms with Crippen molar-refractivity contribution in [3.05, 3.63) is 77.9 Å². The Balaban J connectivity index is 1.93. The molecule has 0 saturated carbocycles. The average molecular weight is 250 g/mol. The highest BCUT2D eigenvalue weighted by atomic mass is 14.2. The van der Waals surface area contributed by atoms with E-state index in [9.17, 15) is 0 Å². The van der Waals surface area contributed by atoms with Gasteiger partial charge in [0.25, 0.3) is 0 Å². The lowest BCUT2D eigenvalue weighted by Crippen LogP contribution is -2.08. The molecule has 0 heterocycles. The summed E-state index contributed by atoms with van der Waals surface area (Å²) in [4.78, 5) is 0. The largest absolute Gasteiger partial charge is 0.0783 e. The van der Waals surface area contributed by atoms with E-state index in [1.807, 2.05) is 0 Å². The van der Waals surface area contributed by atoms with Crippen molar-refractivity contribution in [2.45, 2.75) is 26.7 Å². The van der Waals surface area contributed by atoms with Crippen LogP contribution in [-0.2, 0) is 6.42 Å². The number of rotatable bonds is 5. The molecule has 0 amide bonds. The van der Waals surface area contributed by atoms with E-state index in [0.29, 0.717) is 0 Å². The summed E-state index contributed by atoms with van der Waals surface area (Å²) in [6.45, 7) is 4.60. The van der Waals surface area contributed by atoms with Crippen molar-refractivity contribution >= 4 is 6.08 Å². The van der Waals surface area contributed by atoms with Crippen molar-refractivity contribution in [3.63, 3.8) is 0 Å². The SMILES string of the molecule is CC(C)(/C=C/c1ccccc1)CCc1ccccc1. The molecule has 0 spiro atoms. The van der Waals surface area contributed by atoms with Crippen LogP contribution in [0.1, 0.15) is 31.4 Å². The van der Waals surface area contributed by atoms with Gasteiger partial charge < -0.3 is 0 Å². The summed E-state index contributed by atoms with van der Waals surface area (Å²) in [7, 11) is 0. The van der Waals surface area contributed by atoms with E-state index in [4.69, 9.17) is 0 Å². The summed E-state index contributed by atoms with van der Waals surface area (Å²) in [6.07, 6.45) is 6.85. The number of hydrogen-bond acceptors (Lipinski definition) is 0. The van der Waals surface area contributed by atoms with Crippen molar-refractivity contribution in [2.24, 2.45) is 5.41 Å². The van der Waals surface area contributed by atoms with Gasteiger partial charge in [0.1, 0.15) is 0 Å². The highest BCUT2D eigenvalue weighted by Crippen LogP contribution is 2.25. The smallest absolute Gasteiger partial charge is 0.0168 e. The zero-order valence-electron chi connectivity index (χ0n) is 11.8. The molecule has 0 nitrogen and oxygen atoms in total. The molecular weight excluding hydrogens is 228 g/mol. The molecule has 2 aromatic rings. The number of benzene rings is 2. The first-order valence-corrected chi connectivity index (χ1v) is 6.94. The van der Waals surface area contributed by atoms with Gasteiger partial charge in [-0.2, -0.15) is 0 Å². The Labute approximate surface area is 116 Å². The third-order valence-corrected chi connectivity index (χ3v) is 3.43. The standard InChI is InChI=1S/C19H22/c1-19(2,15-13-17-9-5-3-6-10-17)16-14-18-11-7-4-8-12-18/h3-13,15H,14,16H2,1-2H3/b15-13+. The minimum atomic E-state index is 0.228. The minimum absolute atomic E-state index is 0.228. The second-order valence-electron chi connectivity index (χ2n) is 5.72. The first-order chi connectivity index (χ1) is 9.16. The Hall–Kier alpha value is -1.82. The van der Waals surface area contributed by atoms with E-state index in [2.05, 4.69) is 86.7 Å². The van der Waals surface area contributed by atoms with Gasteiger partial charge in [0.05, 0.1) is 0 Å². The molecule has 0 saturated heterocycles. The van der Waals surface area contributed by atoms with Crippen LogP contribution in [0.15, 0.2) is 66.7 Å². The third kappa shape index (κ3) is 4.75. The van der Waals surface area contributed by atoms with E-state index in [0.717, 1.165) is 6.42 Å². The van der Waals surface area contributed by atoms with Gasteiger partial charge in [-0.3, -0.25) is 0 Å². The van der Waals surface area contributed by atoms with E-state index >= 15 is 0 Å². The first-order valence-electron chi connectivity index (χ1n) is 6.94. The maximum Gasteiger partial charge on any atom is -0.0168 e. The lowest BCUT2D eigenvalue weighted by molar-refractivity contribution is 0.440. The number of aryl methyl sites for hydroxylation is 1. The normalized spacial score (nSPS) is 11.9. The fourth-order valence-corrected chi connectivity index (χ4v) is 2.08. The van der Waals surface area contributed by atoms with Crippen molar-refractivity contribution in [1.82, 2.24) is 0 Å². The van der Waals surface area contributed by atoms with Crippen molar-refractivity contribution in [2.75, 3.05) is 0 Å². The quantitative estimate of drug-likeness (QED) is 0.670. The lowest BCUT2D eigenvalue weighted by atomic mass is 9.85. The molecule has 2 rings (SSSR count). The van der Waals surface area contributed by atoms with Gasteiger partial charge in [0, 0.05) is 0 Å². The Morgan fingerprint density at radius 2 is 1.42 bits per heavy atom. The highest BCUT2D eigenvalue weighted by Gasteiger charge is 2.13. The van der Waals surface area contributed by atoms with Gasteiger partial charge in [-0.05, 0) is 29.4 Å². The molecule has 0 aromatic heterocycles. The molecule has 0 aliphatic heterocycles. The van der Waals surface area contributed by atoms with Crippen molar-refractivity contribution in [1.29, 1.82) is 0 Å². The number of allylic oxidation sites excluding steroid dienone is 1. The molecule has 98 valence electrons. The fourth-order valence-electron chi connectivity index (χ4n) is 2.08. The van der Waals surface area contributed by atoms with Gasteiger partial charge in [-0.1, -0.05) is 86.7 Å². The summed E-state index contributed by atoms with van der Waals surface area (Å²) >= 11 is 0. The predicted octanol–water partition coefficient (Wildman–Crippen LogP) is 5.36. The van der Waals surface area contributed by atoms with Crippen LogP contribution in [0.5, 0.6) is 0 Å². The number of hydrogen-bond donors (Lipinski definition) is 0. The molecule has 0 fully saturated rings. The van der Waals surface area contributed by atoms with Gasteiger partial charge in [0.15, 0.2) is 0 Å². The molecule has 0 aliphatic rings. The van der Waals surface area contributed by atoms with Crippen LogP contribution in [0.2, 0.25) is 0 Å². The van der Waals surface area contributed by atoms with Crippen LogP contribution in [-0.4, -0.2) is 0 Å². The second-order valence-corrected chi connectivity index (χ2v) is 5.72. The molecule has 19 heavy (non-hydrogen) atoms. The maximum absolute atomic E-state index is 2.32. The van der Waals surface area contributed by atoms with E-state index in [1.54, 1.807) is 0 Å². The summed E-state index contributed by atoms with van der Waals surface area (Å²) in [5.74, 6) is 0. The summed E-state index contributed by atoms with van der Waals surface area (Å²) in [6, 6.07) is 21.2. The molecule has 0 N–H and O–H groups in total. The van der Waals surface area contributed by atoms with Gasteiger partial charge in [-0.15, -0.1) is 0 Å². The summed E-state index contributed by atoms with van der Waals surface area (Å²) < 4.78 is 0. The first kappa shape index (κ1) is 13.6. The zero-order valence-corrected chi connectivity index (χ0v) is 11.8. The molecule has 2 aromatic carbocycles. The predicted molar refractivity (Wildman–Crippen MR) is 84.0 cm³/mol. The van der Waals surface area contributed by atoms with Crippen LogP contribution in [0.25, 0.3) is 6.08 Å². The van der Waals surface area contributed by atoms with Gasteiger partial charge in [0.2, 0.25) is 0 Å². The zero-order chi connectivity index (χ0) is 13.6. The second kappa shape index (κ2) is 6.38. The van der Waals surface area contributed by atoms with E-state index in [-0.39, 0.29) is 5.41 Å². The Kier molecular flexibility index (Phi) is 4.57. The molecule has 0 aliphatic carbocycles. The molecular formula is C19H22. The van der Waals surface area contributed by atoms with E-state index in [1.165, 1.54) is 17.5 Å². The summed E-state index contributed by atoms with van der Waals surface area (Å²) in [5, 5.41) is 0. The Morgan fingerprint density at radius 3 is 2.05 bits per heavy atom. The molecule has 0 bridgehead atoms. The Morgan fingerprint density at radius 1 is 0.842 bits per heavy atom. The van der Waals surface area contributed by atoms with Crippen LogP contribution in [0.4, 0.5) is 0 Å². The van der Waals surface area contributed by atoms with Crippen LogP contribution in [0, 0.1) is 5.41 Å². The highest BCUT2D eigenvalue weighted by molar-refractivity contribution is 5.49. The van der Waals surface area contributed by atoms with Gasteiger partial charge >= 0.3 is 0 Å². The topological polar surface area (TPSA) is 0 Å².